The molecule has 0 atom stereocenters. The molecule has 0 saturated heterocycles. The van der Waals surface area contributed by atoms with Gasteiger partial charge in [-0.1, -0.05) is 29.3 Å². The highest BCUT2D eigenvalue weighted by Gasteiger charge is 2.11. The van der Waals surface area contributed by atoms with E-state index in [4.69, 9.17) is 23.2 Å². The van der Waals surface area contributed by atoms with Gasteiger partial charge in [0.25, 0.3) is 5.56 Å². The van der Waals surface area contributed by atoms with Crippen LogP contribution in [0, 0.1) is 22.7 Å². The molecule has 0 spiro atoms. The molecule has 0 saturated carbocycles. The smallest absolute Gasteiger partial charge is 0.269 e. The lowest BCUT2D eigenvalue weighted by Gasteiger charge is -2.07. The van der Waals surface area contributed by atoms with Gasteiger partial charge in [0, 0.05) is 10.0 Å². The number of rotatable bonds is 4. The SMILES string of the molecule is C[NH+](C)CCn1c(=C(C#N)C#N)s/c(=C/c2ccc(Cl)cc2Cl)c1=O. The average molecular weight is 394 g/mol. The molecule has 2 aromatic rings. The Morgan fingerprint density at radius 2 is 2.00 bits per heavy atom. The van der Waals surface area contributed by atoms with Crippen molar-refractivity contribution >= 4 is 46.2 Å². The predicted molar refractivity (Wildman–Crippen MR) is 100 cm³/mol. The van der Waals surface area contributed by atoms with Gasteiger partial charge in [-0.05, 0) is 23.8 Å². The first-order chi connectivity index (χ1) is 11.9. The molecule has 2 rings (SSSR count). The second-order valence-electron chi connectivity index (χ2n) is 5.59. The molecular formula is C17H15Cl2N4OS+. The molecule has 1 aromatic carbocycles. The van der Waals surface area contributed by atoms with Gasteiger partial charge in [0.05, 0.1) is 31.7 Å². The fraction of sp³-hybridized carbons (Fsp3) is 0.235. The van der Waals surface area contributed by atoms with Crippen molar-refractivity contribution in [2.75, 3.05) is 20.6 Å². The number of nitrogens with one attached hydrogen (secondary N) is 1. The average Bonchev–Trinajstić information content (AvgIpc) is 2.85. The number of likely N-dealkylation sites (N-methyl/N-ethyl adjacent to an activating group) is 1. The van der Waals surface area contributed by atoms with Gasteiger partial charge in [0.2, 0.25) is 0 Å². The van der Waals surface area contributed by atoms with Gasteiger partial charge in [-0.2, -0.15) is 10.5 Å². The highest BCUT2D eigenvalue weighted by atomic mass is 35.5. The Balaban J connectivity index is 2.73. The molecule has 128 valence electrons. The molecule has 0 aliphatic rings. The number of quaternary nitrogens is 1. The van der Waals surface area contributed by atoms with E-state index in [9.17, 15) is 15.3 Å². The topological polar surface area (TPSA) is 74.0 Å². The summed E-state index contributed by atoms with van der Waals surface area (Å²) in [5.41, 5.74) is 0.338. The molecule has 0 amide bonds. The number of hydrogen-bond donors (Lipinski definition) is 1. The molecule has 1 heterocycles. The van der Waals surface area contributed by atoms with Crippen molar-refractivity contribution in [3.63, 3.8) is 0 Å². The van der Waals surface area contributed by atoms with Gasteiger partial charge >= 0.3 is 0 Å². The first-order valence-corrected chi connectivity index (χ1v) is 8.94. The van der Waals surface area contributed by atoms with Crippen molar-refractivity contribution in [1.29, 1.82) is 10.5 Å². The molecule has 8 heteroatoms. The minimum atomic E-state index is -0.240. The van der Waals surface area contributed by atoms with Crippen LogP contribution in [0.3, 0.4) is 0 Å². The van der Waals surface area contributed by atoms with E-state index in [1.54, 1.807) is 24.3 Å². The summed E-state index contributed by atoms with van der Waals surface area (Å²) in [6.45, 7) is 1.11. The van der Waals surface area contributed by atoms with E-state index in [1.807, 2.05) is 26.2 Å². The third-order valence-corrected chi connectivity index (χ3v) is 5.12. The molecule has 0 bridgehead atoms. The second-order valence-corrected chi connectivity index (χ2v) is 7.47. The lowest BCUT2D eigenvalue weighted by atomic mass is 10.2. The van der Waals surface area contributed by atoms with E-state index in [-0.39, 0.29) is 11.1 Å². The lowest BCUT2D eigenvalue weighted by Crippen LogP contribution is -3.06. The largest absolute Gasteiger partial charge is 0.338 e. The Bertz CT molecular complexity index is 1040. The minimum Gasteiger partial charge on any atom is -0.338 e. The van der Waals surface area contributed by atoms with Crippen LogP contribution in [0.4, 0.5) is 0 Å². The lowest BCUT2D eigenvalue weighted by molar-refractivity contribution is -0.858. The maximum absolute atomic E-state index is 12.8. The predicted octanol–water partition coefficient (Wildman–Crippen LogP) is 0.388. The number of nitrogens with zero attached hydrogens (tertiary/aromatic N) is 3. The standard InChI is InChI=1S/C17H14Cl2N4OS/c1-22(2)5-6-23-16(24)15(25-17(23)12(9-20)10-21)7-11-3-4-13(18)8-14(11)19/h3-4,7-8H,5-6H2,1-2H3/p+1/b15-7+. The number of thiazole rings is 1. The van der Waals surface area contributed by atoms with Crippen LogP contribution in [0.5, 0.6) is 0 Å². The van der Waals surface area contributed by atoms with Crippen LogP contribution >= 0.6 is 34.5 Å². The van der Waals surface area contributed by atoms with E-state index in [0.717, 1.165) is 16.2 Å². The third kappa shape index (κ3) is 4.50. The van der Waals surface area contributed by atoms with E-state index < -0.39 is 0 Å². The van der Waals surface area contributed by atoms with Crippen molar-refractivity contribution in [3.8, 4) is 12.1 Å². The van der Waals surface area contributed by atoms with Crippen molar-refractivity contribution < 1.29 is 4.90 Å². The van der Waals surface area contributed by atoms with E-state index in [0.29, 0.717) is 37.9 Å². The molecule has 5 nitrogen and oxygen atoms in total. The summed E-state index contributed by atoms with van der Waals surface area (Å²) >= 11 is 13.2. The quantitative estimate of drug-likeness (QED) is 0.816. The van der Waals surface area contributed by atoms with Crippen LogP contribution in [0.2, 0.25) is 10.0 Å². The highest BCUT2D eigenvalue weighted by Crippen LogP contribution is 2.21. The zero-order valence-electron chi connectivity index (χ0n) is 13.6. The maximum Gasteiger partial charge on any atom is 0.269 e. The summed E-state index contributed by atoms with van der Waals surface area (Å²) in [7, 11) is 3.94. The van der Waals surface area contributed by atoms with Crippen molar-refractivity contribution in [3.05, 3.63) is 53.4 Å². The molecular weight excluding hydrogens is 379 g/mol. The number of nitriles is 2. The monoisotopic (exact) mass is 393 g/mol. The Morgan fingerprint density at radius 1 is 1.32 bits per heavy atom. The molecule has 0 unspecified atom stereocenters. The van der Waals surface area contributed by atoms with Gasteiger partial charge in [-0.3, -0.25) is 9.36 Å². The fourth-order valence-corrected chi connectivity index (χ4v) is 3.66. The Hall–Kier alpha value is -2.09. The minimum absolute atomic E-state index is 0.0716. The Kier molecular flexibility index (Phi) is 6.41. The number of benzene rings is 1. The number of aromatic nitrogens is 1. The van der Waals surface area contributed by atoms with Crippen molar-refractivity contribution in [2.24, 2.45) is 0 Å². The van der Waals surface area contributed by atoms with Gasteiger partial charge < -0.3 is 4.90 Å². The Morgan fingerprint density at radius 3 is 2.56 bits per heavy atom. The van der Waals surface area contributed by atoms with E-state index in [1.165, 1.54) is 4.57 Å². The van der Waals surface area contributed by atoms with Crippen molar-refractivity contribution in [2.45, 2.75) is 6.54 Å². The summed E-state index contributed by atoms with van der Waals surface area (Å²) in [6, 6.07) is 8.72. The molecule has 1 N–H and O–H groups in total. The summed E-state index contributed by atoms with van der Waals surface area (Å²) in [5, 5.41) is 19.3. The number of halogens is 2. The summed E-state index contributed by atoms with van der Waals surface area (Å²) in [6.07, 6.45) is 1.65. The van der Waals surface area contributed by atoms with Gasteiger partial charge in [0.1, 0.15) is 16.8 Å². The molecule has 0 fully saturated rings. The summed E-state index contributed by atoms with van der Waals surface area (Å²) < 4.78 is 2.26. The van der Waals surface area contributed by atoms with Crippen LogP contribution in [0.25, 0.3) is 11.6 Å². The van der Waals surface area contributed by atoms with Gasteiger partial charge in [0.15, 0.2) is 5.57 Å². The van der Waals surface area contributed by atoms with Gasteiger partial charge in [-0.15, -0.1) is 11.3 Å². The van der Waals surface area contributed by atoms with Crippen LogP contribution in [0.1, 0.15) is 5.56 Å². The normalized spacial score (nSPS) is 11.4. The zero-order valence-corrected chi connectivity index (χ0v) is 16.0. The van der Waals surface area contributed by atoms with Crippen LogP contribution < -0.4 is 19.7 Å². The first-order valence-electron chi connectivity index (χ1n) is 7.37. The molecule has 1 aromatic heterocycles. The molecule has 25 heavy (non-hydrogen) atoms. The molecule has 0 radical (unpaired) electrons. The molecule has 0 aliphatic heterocycles. The van der Waals surface area contributed by atoms with Crippen molar-refractivity contribution in [1.82, 2.24) is 4.57 Å². The van der Waals surface area contributed by atoms with E-state index in [2.05, 4.69) is 0 Å². The van der Waals surface area contributed by atoms with Crippen LogP contribution in [-0.2, 0) is 6.54 Å². The van der Waals surface area contributed by atoms with Crippen LogP contribution in [0.15, 0.2) is 23.0 Å². The maximum atomic E-state index is 12.8. The molecule has 0 aliphatic carbocycles. The van der Waals surface area contributed by atoms with E-state index >= 15 is 0 Å². The van der Waals surface area contributed by atoms with Crippen LogP contribution in [-0.4, -0.2) is 25.2 Å². The third-order valence-electron chi connectivity index (χ3n) is 3.43. The second kappa shape index (κ2) is 8.33. The zero-order chi connectivity index (χ0) is 18.6. The fourth-order valence-electron chi connectivity index (χ4n) is 2.12. The number of hydrogen-bond acceptors (Lipinski definition) is 4. The highest BCUT2D eigenvalue weighted by molar-refractivity contribution is 7.07. The van der Waals surface area contributed by atoms with Gasteiger partial charge in [-0.25, -0.2) is 0 Å². The Labute approximate surface area is 158 Å². The summed E-state index contributed by atoms with van der Waals surface area (Å²) in [5.74, 6) is 0. The summed E-state index contributed by atoms with van der Waals surface area (Å²) in [4.78, 5) is 13.9. The first kappa shape index (κ1) is 19.2.